The molecule has 13 atom stereocenters. The number of rotatable bonds is 10. The van der Waals surface area contributed by atoms with Gasteiger partial charge in [0.05, 0.1) is 18.3 Å². The van der Waals surface area contributed by atoms with Crippen LogP contribution in [0.2, 0.25) is 0 Å². The van der Waals surface area contributed by atoms with Gasteiger partial charge in [-0.3, -0.25) is 67.3 Å². The quantitative estimate of drug-likeness (QED) is 0.0857. The number of ether oxygens (including phenoxy) is 1. The first-order valence-corrected chi connectivity index (χ1v) is 39.3. The Kier molecular flexibility index (Phi) is 28.6. The molecule has 4 bridgehead atoms. The maximum Gasteiger partial charge on any atom is 0.524 e. The molecule has 5 heterocycles. The Balaban J connectivity index is 1.09. The van der Waals surface area contributed by atoms with E-state index < -0.39 is 168 Å². The molecule has 0 aliphatic carbocycles. The minimum atomic E-state index is -5.01. The van der Waals surface area contributed by atoms with Gasteiger partial charge in [0.25, 0.3) is 0 Å². The van der Waals surface area contributed by atoms with Crippen LogP contribution < -0.4 is 63.4 Å². The Morgan fingerprint density at radius 2 is 1.33 bits per heavy atom. The molecule has 8 rings (SSSR count). The number of aromatic hydroxyl groups is 1. The number of aromatic amines is 1. The smallest absolute Gasteiger partial charge is 0.508 e. The fourth-order valence-corrected chi connectivity index (χ4v) is 14.8. The molecule has 0 radical (unpaired) electrons. The molecular weight excluding hydrogens is 1470 g/mol. The lowest BCUT2D eigenvalue weighted by molar-refractivity contribution is -0.143. The van der Waals surface area contributed by atoms with Crippen molar-refractivity contribution in [3.05, 3.63) is 125 Å². The fraction of sp³-hybridized carbons (Fsp3) is 0.493. The van der Waals surface area contributed by atoms with Crippen molar-refractivity contribution in [1.29, 1.82) is 0 Å². The number of amides is 12. The summed E-state index contributed by atoms with van der Waals surface area (Å²) in [5.41, 5.74) is 4.38. The standard InChI is InChI=1S/C73H97N14O19PS2/c1-38-61(92)78-50(31-43-20-24-48(25-21-43)106-107(102,103)104)63(94)86-73(10)41(4)105-40(3)57(84-70(73)101)66(97)81-53(59(74)91)37-109-36-45-15-11-14-44(30-45)35-108-29-26-55(90)82-58(71(5,6)7)67(98)80-52(32-42-18-22-47(89)23-19-42)68(99)87-28-13-17-54(87)64(95)83-56(39(2)88)65(96)79-51(62(93)85-72(8,9)69(100)77-38)33-46-34-76-60-49(46)16-12-27-75-60/h11-12,14-16,18-25,27,30,34,38-41,50-54,56-58,88-89H,13,17,26,28-29,31-33,35-37H2,1-10H3,(H2,74,91)(H,75,76)(H,77,100)(H,78,92)(H,79,96)(H,80,98)(H,81,97)(H,82,90)(H,83,95)(H,84,101)(H,85,93)(H,86,94)(H2,102,103,104)/t38-,39+,40-,41?,50-,51-,52-,53-,54-,56-,57-,58+,73-/m0/s1. The Bertz CT molecular complexity index is 4230. The van der Waals surface area contributed by atoms with Gasteiger partial charge < -0.3 is 88.3 Å². The van der Waals surface area contributed by atoms with E-state index in [4.69, 9.17) is 10.5 Å². The number of nitrogens with zero attached hydrogens (tertiary/aromatic N) is 2. The number of carbonyl (C=O) groups excluding carboxylic acids is 12. The van der Waals surface area contributed by atoms with E-state index in [-0.39, 0.29) is 61.5 Å². The van der Waals surface area contributed by atoms with Crippen LogP contribution in [0.3, 0.4) is 0 Å². The number of fused-ring (bicyclic) bond motifs is 7. The zero-order chi connectivity index (χ0) is 80.0. The van der Waals surface area contributed by atoms with E-state index in [1.165, 1.54) is 119 Å². The zero-order valence-electron chi connectivity index (χ0n) is 62.1. The Labute approximate surface area is 638 Å². The summed E-state index contributed by atoms with van der Waals surface area (Å²) in [6.07, 6.45) is -1.31. The Morgan fingerprint density at radius 3 is 1.97 bits per heavy atom. The average molecular weight is 1570 g/mol. The molecule has 3 aliphatic heterocycles. The molecule has 2 fully saturated rings. The van der Waals surface area contributed by atoms with Gasteiger partial charge >= 0.3 is 7.82 Å². The number of phenols is 1. The van der Waals surface area contributed by atoms with E-state index >= 15 is 4.79 Å². The van der Waals surface area contributed by atoms with Crippen molar-refractivity contribution >= 4 is 113 Å². The third-order valence-electron chi connectivity index (χ3n) is 19.0. The molecule has 17 N–H and O–H groups in total. The topological polar surface area (TPSA) is 500 Å². The number of primary amides is 1. The van der Waals surface area contributed by atoms with Crippen molar-refractivity contribution in [2.45, 2.75) is 203 Å². The Hall–Kier alpha value is -9.64. The zero-order valence-corrected chi connectivity index (χ0v) is 64.6. The summed E-state index contributed by atoms with van der Waals surface area (Å²) in [6.45, 7) is 14.6. The number of nitrogens with one attached hydrogen (secondary N) is 11. The van der Waals surface area contributed by atoms with Crippen molar-refractivity contribution in [3.8, 4) is 11.5 Å². The van der Waals surface area contributed by atoms with Gasteiger partial charge in [-0.25, -0.2) is 9.55 Å². The molecule has 1 unspecified atom stereocenters. The predicted octanol–water partition coefficient (Wildman–Crippen LogP) is 0.717. The lowest BCUT2D eigenvalue weighted by Crippen LogP contribution is -2.66. The van der Waals surface area contributed by atoms with Crippen molar-refractivity contribution in [1.82, 2.24) is 68.0 Å². The lowest BCUT2D eigenvalue weighted by Gasteiger charge is -2.34. The fourth-order valence-electron chi connectivity index (χ4n) is 12.5. The molecule has 590 valence electrons. The number of phosphoric acid groups is 1. The molecule has 5 aromatic rings. The number of H-pyrrole nitrogens is 1. The first-order valence-electron chi connectivity index (χ1n) is 35.5. The summed E-state index contributed by atoms with van der Waals surface area (Å²) in [6, 6.07) is 8.85. The monoisotopic (exact) mass is 1570 g/mol. The summed E-state index contributed by atoms with van der Waals surface area (Å²) in [5, 5.41) is 48.6. The van der Waals surface area contributed by atoms with Gasteiger partial charge in [-0.15, -0.1) is 0 Å². The number of phenolic OH excluding ortho intramolecular Hbond substituents is 1. The van der Waals surface area contributed by atoms with E-state index in [2.05, 4.69) is 67.7 Å². The van der Waals surface area contributed by atoms with Gasteiger partial charge in [0.2, 0.25) is 70.9 Å². The highest BCUT2D eigenvalue weighted by molar-refractivity contribution is 7.98. The summed E-state index contributed by atoms with van der Waals surface area (Å²) in [7, 11) is -5.01. The van der Waals surface area contributed by atoms with Crippen LogP contribution in [-0.2, 0) is 97.6 Å². The van der Waals surface area contributed by atoms with Crippen molar-refractivity contribution in [2.24, 2.45) is 11.1 Å². The number of carbonyl (C=O) groups is 12. The SMILES string of the molecule is CC1O[C@@H](C)[C@@H]2NC(=O)[C@@]1(C)NC(=O)[C@H](Cc1ccc(OP(=O)(O)O)cc1)NC(=O)[C@H](C)NC(=O)C(C)(C)NC(=O)[C@H](Cc1c[nH]c3ncccc13)NC(=O)[C@H]([C@@H](C)O)NC(=O)[C@@H]1CCCN1C(=O)[C@H](Cc1ccc(O)cc1)NC(=O)[C@H](C(C)(C)C)NC(=O)CCSCc1cccc(c1)CSC[C@@H](C(N)=O)NC2=O. The van der Waals surface area contributed by atoms with Crippen LogP contribution in [0.1, 0.15) is 116 Å². The molecule has 36 heteroatoms. The highest BCUT2D eigenvalue weighted by atomic mass is 32.2. The third-order valence-corrected chi connectivity index (χ3v) is 21.5. The van der Waals surface area contributed by atoms with Crippen LogP contribution in [0.4, 0.5) is 0 Å². The summed E-state index contributed by atoms with van der Waals surface area (Å²) >= 11 is 2.74. The van der Waals surface area contributed by atoms with Crippen molar-refractivity contribution in [2.75, 3.05) is 18.1 Å². The summed E-state index contributed by atoms with van der Waals surface area (Å²) in [5.74, 6) is -9.55. The minimum Gasteiger partial charge on any atom is -0.508 e. The highest BCUT2D eigenvalue weighted by Gasteiger charge is 2.50. The van der Waals surface area contributed by atoms with E-state index in [0.717, 1.165) is 11.1 Å². The second kappa shape index (κ2) is 36.7. The van der Waals surface area contributed by atoms with Gasteiger partial charge in [-0.1, -0.05) is 69.3 Å². The number of aromatic nitrogens is 2. The summed E-state index contributed by atoms with van der Waals surface area (Å²) in [4.78, 5) is 200. The van der Waals surface area contributed by atoms with Crippen LogP contribution in [-0.4, -0.2) is 208 Å². The number of aliphatic hydroxyl groups is 1. The summed E-state index contributed by atoms with van der Waals surface area (Å²) < 4.78 is 22.6. The number of thioether (sulfide) groups is 2. The number of phosphoric ester groups is 1. The average Bonchev–Trinajstić information content (AvgIpc) is 1.71. The molecule has 0 saturated carbocycles. The number of aliphatic hydroxyl groups excluding tert-OH is 1. The molecule has 109 heavy (non-hydrogen) atoms. The normalized spacial score (nSPS) is 26.8. The molecule has 2 saturated heterocycles. The number of pyridine rings is 1. The van der Waals surface area contributed by atoms with E-state index in [1.54, 1.807) is 51.2 Å². The van der Waals surface area contributed by atoms with Crippen molar-refractivity contribution < 1.29 is 91.4 Å². The number of nitrogens with two attached hydrogens (primary N) is 1. The van der Waals surface area contributed by atoms with Gasteiger partial charge in [0.1, 0.15) is 82.6 Å². The molecule has 33 nitrogen and oxygen atoms in total. The molecule has 3 aliphatic rings. The van der Waals surface area contributed by atoms with Crippen LogP contribution in [0.25, 0.3) is 11.0 Å². The Morgan fingerprint density at radius 1 is 0.716 bits per heavy atom. The highest BCUT2D eigenvalue weighted by Crippen LogP contribution is 2.38. The largest absolute Gasteiger partial charge is 0.524 e. The molecule has 12 amide bonds. The second-order valence-electron chi connectivity index (χ2n) is 29.2. The van der Waals surface area contributed by atoms with E-state index in [9.17, 15) is 77.3 Å². The van der Waals surface area contributed by atoms with Crippen LogP contribution in [0, 0.1) is 5.41 Å². The van der Waals surface area contributed by atoms with Gasteiger partial charge in [-0.2, -0.15) is 23.5 Å². The van der Waals surface area contributed by atoms with E-state index in [0.29, 0.717) is 45.8 Å². The van der Waals surface area contributed by atoms with Gasteiger partial charge in [0, 0.05) is 73.0 Å². The maximum atomic E-state index is 15.0. The van der Waals surface area contributed by atoms with Gasteiger partial charge in [-0.05, 0) is 131 Å². The maximum absolute atomic E-state index is 15.0. The van der Waals surface area contributed by atoms with Crippen LogP contribution in [0.5, 0.6) is 11.5 Å². The third kappa shape index (κ3) is 23.2. The van der Waals surface area contributed by atoms with Crippen molar-refractivity contribution in [3.63, 3.8) is 0 Å². The minimum absolute atomic E-state index is 0.00227. The molecular formula is C73H97N14O19PS2. The van der Waals surface area contributed by atoms with E-state index in [1.807, 2.05) is 24.3 Å². The predicted molar refractivity (Wildman–Crippen MR) is 403 cm³/mol. The van der Waals surface area contributed by atoms with Gasteiger partial charge in [0.15, 0.2) is 0 Å². The number of benzene rings is 3. The van der Waals surface area contributed by atoms with Crippen LogP contribution >= 0.6 is 31.3 Å². The lowest BCUT2D eigenvalue weighted by atomic mass is 9.85. The number of hydrogen-bond acceptors (Lipinski definition) is 20. The van der Waals surface area contributed by atoms with Crippen LogP contribution in [0.15, 0.2) is 97.3 Å². The number of hydrogen-bond donors (Lipinski definition) is 16. The first kappa shape index (κ1) is 85.0. The second-order valence-corrected chi connectivity index (χ2v) is 32.5. The molecule has 2 aromatic heterocycles. The molecule has 0 spiro atoms. The molecule has 3 aromatic carbocycles. The first-order chi connectivity index (χ1) is 51.2.